The lowest BCUT2D eigenvalue weighted by molar-refractivity contribution is 0.117. The fraction of sp³-hybridized carbons (Fsp3) is 0.211. The molecule has 0 heterocycles. The van der Waals surface area contributed by atoms with Crippen molar-refractivity contribution >= 4 is 33.1 Å². The maximum atomic E-state index is 6.20. The number of hydrogen-bond donors (Lipinski definition) is 0. The Morgan fingerprint density at radius 3 is 2.43 bits per heavy atom. The number of nitrogens with zero attached hydrogens (tertiary/aromatic N) is 2. The first-order valence-electron chi connectivity index (χ1n) is 7.57. The predicted octanol–water partition coefficient (Wildman–Crippen LogP) is 4.04. The Morgan fingerprint density at radius 1 is 0.957 bits per heavy atom. The van der Waals surface area contributed by atoms with Gasteiger partial charge in [0.1, 0.15) is 12.0 Å². The molecule has 0 aromatic heterocycles. The highest BCUT2D eigenvalue weighted by atomic mass is 35.5. The molecule has 0 bridgehead atoms. The Labute approximate surface area is 140 Å². The van der Waals surface area contributed by atoms with Crippen molar-refractivity contribution in [3.63, 3.8) is 0 Å². The molecule has 3 nitrogen and oxygen atoms in total. The van der Waals surface area contributed by atoms with Gasteiger partial charge in [0.25, 0.3) is 0 Å². The van der Waals surface area contributed by atoms with Crippen molar-refractivity contribution in [2.45, 2.75) is 0 Å². The maximum absolute atomic E-state index is 6.20. The van der Waals surface area contributed by atoms with Gasteiger partial charge in [-0.25, -0.2) is 0 Å². The van der Waals surface area contributed by atoms with Crippen LogP contribution in [0.5, 0.6) is 0 Å². The normalized spacial score (nSPS) is 12.3. The van der Waals surface area contributed by atoms with Crippen LogP contribution in [-0.4, -0.2) is 32.1 Å². The molecule has 0 spiro atoms. The minimum atomic E-state index is 0.544. The summed E-state index contributed by atoms with van der Waals surface area (Å²) >= 11 is 6.20. The second-order valence-electron chi connectivity index (χ2n) is 5.73. The summed E-state index contributed by atoms with van der Waals surface area (Å²) in [4.78, 5) is 7.63. The molecule has 23 heavy (non-hydrogen) atoms. The van der Waals surface area contributed by atoms with E-state index in [1.807, 2.05) is 44.4 Å². The molecule has 0 aliphatic heterocycles. The molecule has 3 rings (SSSR count). The van der Waals surface area contributed by atoms with Gasteiger partial charge < -0.3 is 9.74 Å². The van der Waals surface area contributed by atoms with Crippen molar-refractivity contribution < 1.29 is 4.84 Å². The van der Waals surface area contributed by atoms with Crippen LogP contribution in [0.15, 0.2) is 59.8 Å². The van der Waals surface area contributed by atoms with E-state index < -0.39 is 0 Å². The van der Waals surface area contributed by atoms with E-state index in [-0.39, 0.29) is 0 Å². The molecule has 0 saturated heterocycles. The molecule has 0 aliphatic carbocycles. The molecule has 3 aromatic rings. The Bertz CT molecular complexity index is 906. The van der Waals surface area contributed by atoms with Crippen LogP contribution in [0, 0.1) is 0 Å². The smallest absolute Gasteiger partial charge is 0.129 e. The van der Waals surface area contributed by atoms with Crippen molar-refractivity contribution in [3.8, 4) is 0 Å². The fourth-order valence-electron chi connectivity index (χ4n) is 2.49. The number of likely N-dealkylation sites (N-methyl/N-ethyl adjacent to an activating group) is 1. The quantitative estimate of drug-likeness (QED) is 0.534. The molecule has 0 unspecified atom stereocenters. The lowest BCUT2D eigenvalue weighted by Crippen LogP contribution is -2.17. The first-order valence-corrected chi connectivity index (χ1v) is 7.95. The van der Waals surface area contributed by atoms with Gasteiger partial charge in [-0.3, -0.25) is 0 Å². The van der Waals surface area contributed by atoms with E-state index in [1.165, 1.54) is 0 Å². The van der Waals surface area contributed by atoms with Crippen LogP contribution in [-0.2, 0) is 4.84 Å². The standard InChI is InChI=1S/C19H19ClN2O/c1-22(2)11-12-23-21-19-17-6-4-3-5-14(17)7-8-15-9-10-16(20)13-18(15)19/h3-10,13H,11-12H2,1-2H3/b21-19+. The molecule has 0 aliphatic rings. The zero-order chi connectivity index (χ0) is 16.2. The maximum Gasteiger partial charge on any atom is 0.129 e. The van der Waals surface area contributed by atoms with Crippen molar-refractivity contribution in [3.05, 3.63) is 65.0 Å². The molecule has 0 atom stereocenters. The topological polar surface area (TPSA) is 24.8 Å². The Hall–Kier alpha value is -2.10. The van der Waals surface area contributed by atoms with Gasteiger partial charge in [0.15, 0.2) is 0 Å². The molecular weight excluding hydrogens is 308 g/mol. The second-order valence-corrected chi connectivity index (χ2v) is 6.16. The van der Waals surface area contributed by atoms with Crippen LogP contribution in [0.3, 0.4) is 0 Å². The summed E-state index contributed by atoms with van der Waals surface area (Å²) in [5.74, 6) is 0. The highest BCUT2D eigenvalue weighted by molar-refractivity contribution is 6.31. The SMILES string of the molecule is CN(C)CCO/N=c1\c2ccccc2ccc2ccc(Cl)cc12. The molecule has 118 valence electrons. The van der Waals surface area contributed by atoms with E-state index >= 15 is 0 Å². The molecule has 3 aromatic carbocycles. The van der Waals surface area contributed by atoms with Crippen molar-refractivity contribution in [1.82, 2.24) is 4.90 Å². The molecule has 0 saturated carbocycles. The summed E-state index contributed by atoms with van der Waals surface area (Å²) in [6.45, 7) is 1.36. The van der Waals surface area contributed by atoms with E-state index in [2.05, 4.69) is 34.3 Å². The van der Waals surface area contributed by atoms with Gasteiger partial charge in [-0.1, -0.05) is 59.2 Å². The summed E-state index contributed by atoms with van der Waals surface area (Å²) in [7, 11) is 4.02. The number of hydrogen-bond acceptors (Lipinski definition) is 3. The Kier molecular flexibility index (Phi) is 4.79. The van der Waals surface area contributed by atoms with Crippen molar-refractivity contribution in [1.29, 1.82) is 0 Å². The van der Waals surface area contributed by atoms with E-state index in [4.69, 9.17) is 16.4 Å². The lowest BCUT2D eigenvalue weighted by Gasteiger charge is -2.07. The van der Waals surface area contributed by atoms with E-state index in [1.54, 1.807) is 0 Å². The van der Waals surface area contributed by atoms with Crippen molar-refractivity contribution in [2.75, 3.05) is 27.2 Å². The summed E-state index contributed by atoms with van der Waals surface area (Å²) in [6, 6.07) is 18.2. The van der Waals surface area contributed by atoms with Crippen molar-refractivity contribution in [2.24, 2.45) is 5.16 Å². The van der Waals surface area contributed by atoms with Crippen LogP contribution in [0.4, 0.5) is 0 Å². The van der Waals surface area contributed by atoms with Gasteiger partial charge in [-0.15, -0.1) is 0 Å². The van der Waals surface area contributed by atoms with E-state index in [0.29, 0.717) is 11.6 Å². The molecular formula is C19H19ClN2O. The van der Waals surface area contributed by atoms with E-state index in [9.17, 15) is 0 Å². The summed E-state index contributed by atoms with van der Waals surface area (Å²) in [5, 5.41) is 10.2. The van der Waals surface area contributed by atoms with Crippen LogP contribution in [0.1, 0.15) is 0 Å². The van der Waals surface area contributed by atoms with Gasteiger partial charge in [0.05, 0.1) is 0 Å². The Morgan fingerprint density at radius 2 is 1.65 bits per heavy atom. The molecule has 0 fully saturated rings. The molecule has 4 heteroatoms. The molecule has 0 radical (unpaired) electrons. The average Bonchev–Trinajstić information content (AvgIpc) is 2.68. The third-order valence-corrected chi connectivity index (χ3v) is 3.95. The van der Waals surface area contributed by atoms with Gasteiger partial charge in [-0.05, 0) is 37.0 Å². The number of benzene rings is 2. The number of fused-ring (bicyclic) bond motifs is 2. The van der Waals surface area contributed by atoms with Gasteiger partial charge in [0, 0.05) is 22.3 Å². The van der Waals surface area contributed by atoms with Gasteiger partial charge >= 0.3 is 0 Å². The lowest BCUT2D eigenvalue weighted by atomic mass is 10.1. The minimum Gasteiger partial charge on any atom is -0.394 e. The summed E-state index contributed by atoms with van der Waals surface area (Å²) < 4.78 is 0. The summed E-state index contributed by atoms with van der Waals surface area (Å²) in [6.07, 6.45) is 0. The van der Waals surface area contributed by atoms with E-state index in [0.717, 1.165) is 33.4 Å². The van der Waals surface area contributed by atoms with Gasteiger partial charge in [0.2, 0.25) is 0 Å². The minimum absolute atomic E-state index is 0.544. The second kappa shape index (κ2) is 6.99. The molecule has 0 N–H and O–H groups in total. The van der Waals surface area contributed by atoms with Crippen LogP contribution >= 0.6 is 11.6 Å². The highest BCUT2D eigenvalue weighted by Gasteiger charge is 2.02. The zero-order valence-electron chi connectivity index (χ0n) is 13.3. The van der Waals surface area contributed by atoms with Crippen LogP contribution in [0.2, 0.25) is 5.02 Å². The third-order valence-electron chi connectivity index (χ3n) is 3.71. The van der Waals surface area contributed by atoms with Crippen LogP contribution < -0.4 is 5.36 Å². The molecule has 0 amide bonds. The first kappa shape index (κ1) is 15.8. The average molecular weight is 327 g/mol. The largest absolute Gasteiger partial charge is 0.394 e. The predicted molar refractivity (Wildman–Crippen MR) is 96.5 cm³/mol. The fourth-order valence-corrected chi connectivity index (χ4v) is 2.67. The summed E-state index contributed by atoms with van der Waals surface area (Å²) in [5.41, 5.74) is 0. The highest BCUT2D eigenvalue weighted by Crippen LogP contribution is 2.19. The van der Waals surface area contributed by atoms with Gasteiger partial charge in [-0.2, -0.15) is 0 Å². The first-order chi connectivity index (χ1) is 11.1. The van der Waals surface area contributed by atoms with Crippen LogP contribution in [0.25, 0.3) is 21.5 Å². The Balaban J connectivity index is 2.24. The number of rotatable bonds is 4. The number of halogens is 1. The zero-order valence-corrected chi connectivity index (χ0v) is 14.0. The third kappa shape index (κ3) is 3.63. The monoisotopic (exact) mass is 326 g/mol.